The molecule has 6 nitrogen and oxygen atoms in total. The summed E-state index contributed by atoms with van der Waals surface area (Å²) < 4.78 is 22.1. The van der Waals surface area contributed by atoms with Gasteiger partial charge >= 0.3 is 0 Å². The van der Waals surface area contributed by atoms with Crippen molar-refractivity contribution in [2.75, 3.05) is 0 Å². The van der Waals surface area contributed by atoms with E-state index in [4.69, 9.17) is 10.5 Å². The molecule has 0 aliphatic heterocycles. The van der Waals surface area contributed by atoms with Gasteiger partial charge in [0.1, 0.15) is 6.07 Å². The van der Waals surface area contributed by atoms with Gasteiger partial charge in [-0.25, -0.2) is 0 Å². The molecule has 1 aromatic heterocycles. The summed E-state index contributed by atoms with van der Waals surface area (Å²) in [5, 5.41) is 20.0. The largest absolute Gasteiger partial charge is 0.768 e. The summed E-state index contributed by atoms with van der Waals surface area (Å²) in [6.07, 6.45) is 1.31. The number of nitriles is 1. The molecule has 0 radical (unpaired) electrons. The Bertz CT molecular complexity index is 520. The summed E-state index contributed by atoms with van der Waals surface area (Å²) >= 11 is -2.45. The predicted octanol–water partition coefficient (Wildman–Crippen LogP) is 1.14. The first-order valence-electron chi connectivity index (χ1n) is 4.73. The standard InChI is InChI=1S/C10H11N3O3S/c1-6(2)10-9(17(15)16)3-7(5-12-10)8(4-11)13-14/h3,5-6,14H,1-2H3,(H,15,16)/p-1/b13-8+. The third-order valence-corrected chi connectivity index (χ3v) is 2.77. The Kier molecular flexibility index (Phi) is 4.31. The van der Waals surface area contributed by atoms with Crippen LogP contribution in [-0.2, 0) is 11.1 Å². The van der Waals surface area contributed by atoms with E-state index in [1.807, 2.05) is 13.8 Å². The molecule has 0 saturated carbocycles. The lowest BCUT2D eigenvalue weighted by atomic mass is 10.1. The second-order valence-corrected chi connectivity index (χ2v) is 4.47. The Morgan fingerprint density at radius 1 is 1.71 bits per heavy atom. The number of aromatic nitrogens is 1. The average Bonchev–Trinajstić information content (AvgIpc) is 2.30. The van der Waals surface area contributed by atoms with Gasteiger partial charge in [0.15, 0.2) is 5.71 Å². The van der Waals surface area contributed by atoms with Gasteiger partial charge in [0.2, 0.25) is 0 Å². The molecule has 90 valence electrons. The maximum Gasteiger partial charge on any atom is 0.188 e. The molecule has 0 spiro atoms. The van der Waals surface area contributed by atoms with Gasteiger partial charge in [0.25, 0.3) is 0 Å². The fourth-order valence-electron chi connectivity index (χ4n) is 1.30. The zero-order chi connectivity index (χ0) is 13.0. The third-order valence-electron chi connectivity index (χ3n) is 2.09. The average molecular weight is 252 g/mol. The van der Waals surface area contributed by atoms with Crippen LogP contribution >= 0.6 is 0 Å². The molecular formula is C10H10N3O3S-. The van der Waals surface area contributed by atoms with E-state index in [1.54, 1.807) is 6.07 Å². The smallest absolute Gasteiger partial charge is 0.188 e. The second kappa shape index (κ2) is 5.52. The van der Waals surface area contributed by atoms with Crippen LogP contribution in [0.2, 0.25) is 0 Å². The highest BCUT2D eigenvalue weighted by atomic mass is 32.2. The van der Waals surface area contributed by atoms with E-state index in [-0.39, 0.29) is 22.1 Å². The van der Waals surface area contributed by atoms with Crippen molar-refractivity contribution in [1.82, 2.24) is 4.98 Å². The zero-order valence-corrected chi connectivity index (χ0v) is 10.1. The minimum absolute atomic E-state index is 0.00824. The topological polar surface area (TPSA) is 109 Å². The van der Waals surface area contributed by atoms with Crippen molar-refractivity contribution in [3.05, 3.63) is 23.5 Å². The lowest BCUT2D eigenvalue weighted by Crippen LogP contribution is -2.06. The van der Waals surface area contributed by atoms with E-state index in [0.717, 1.165) is 0 Å². The molecule has 1 aromatic rings. The number of oxime groups is 1. The van der Waals surface area contributed by atoms with Crippen LogP contribution in [-0.4, -0.2) is 24.7 Å². The van der Waals surface area contributed by atoms with E-state index < -0.39 is 11.1 Å². The van der Waals surface area contributed by atoms with Crippen LogP contribution in [0.25, 0.3) is 0 Å². The van der Waals surface area contributed by atoms with E-state index in [9.17, 15) is 8.76 Å². The van der Waals surface area contributed by atoms with Gasteiger partial charge in [0.05, 0.1) is 5.69 Å². The highest BCUT2D eigenvalue weighted by Gasteiger charge is 2.12. The summed E-state index contributed by atoms with van der Waals surface area (Å²) in [4.78, 5) is 3.99. The predicted molar refractivity (Wildman–Crippen MR) is 59.4 cm³/mol. The SMILES string of the molecule is CC(C)c1ncc(/C(C#N)=N/O)cc1S(=O)[O-]. The van der Waals surface area contributed by atoms with E-state index in [1.165, 1.54) is 12.3 Å². The maximum atomic E-state index is 11.1. The molecule has 0 bridgehead atoms. The maximum absolute atomic E-state index is 11.1. The molecule has 0 aliphatic carbocycles. The number of rotatable bonds is 3. The molecule has 0 amide bonds. The van der Waals surface area contributed by atoms with Crippen molar-refractivity contribution < 1.29 is 14.0 Å². The van der Waals surface area contributed by atoms with Crippen molar-refractivity contribution >= 4 is 16.8 Å². The molecule has 0 aromatic carbocycles. The lowest BCUT2D eigenvalue weighted by molar-refractivity contribution is 0.320. The molecule has 1 heterocycles. The van der Waals surface area contributed by atoms with Crippen LogP contribution < -0.4 is 0 Å². The first-order chi connectivity index (χ1) is 8.01. The van der Waals surface area contributed by atoms with Gasteiger partial charge in [-0.15, -0.1) is 0 Å². The normalized spacial score (nSPS) is 13.5. The van der Waals surface area contributed by atoms with Crippen molar-refractivity contribution in [3.63, 3.8) is 0 Å². The molecule has 7 heteroatoms. The summed E-state index contributed by atoms with van der Waals surface area (Å²) in [5.74, 6) is -0.0615. The first-order valence-corrected chi connectivity index (χ1v) is 5.80. The van der Waals surface area contributed by atoms with Crippen LogP contribution in [0.3, 0.4) is 0 Å². The quantitative estimate of drug-likeness (QED) is 0.375. The molecule has 1 N–H and O–H groups in total. The molecule has 0 fully saturated rings. The van der Waals surface area contributed by atoms with Gasteiger partial charge in [-0.3, -0.25) is 9.19 Å². The molecule has 0 aliphatic rings. The minimum atomic E-state index is -2.45. The minimum Gasteiger partial charge on any atom is -0.768 e. The Labute approximate surface area is 101 Å². The Morgan fingerprint density at radius 3 is 2.76 bits per heavy atom. The molecule has 1 atom stereocenters. The number of hydrogen-bond donors (Lipinski definition) is 1. The summed E-state index contributed by atoms with van der Waals surface area (Å²) in [5.41, 5.74) is 0.301. The van der Waals surface area contributed by atoms with Gasteiger partial charge in [-0.2, -0.15) is 5.26 Å². The van der Waals surface area contributed by atoms with Crippen LogP contribution in [0.1, 0.15) is 31.0 Å². The summed E-state index contributed by atoms with van der Waals surface area (Å²) in [6, 6.07) is 2.91. The monoisotopic (exact) mass is 252 g/mol. The van der Waals surface area contributed by atoms with Crippen LogP contribution in [0.15, 0.2) is 22.3 Å². The summed E-state index contributed by atoms with van der Waals surface area (Å²) in [7, 11) is 0. The highest BCUT2D eigenvalue weighted by molar-refractivity contribution is 7.79. The Morgan fingerprint density at radius 2 is 2.35 bits per heavy atom. The summed E-state index contributed by atoms with van der Waals surface area (Å²) in [6.45, 7) is 3.62. The van der Waals surface area contributed by atoms with Crippen LogP contribution in [0, 0.1) is 11.3 Å². The zero-order valence-electron chi connectivity index (χ0n) is 9.25. The fourth-order valence-corrected chi connectivity index (χ4v) is 1.98. The Hall–Kier alpha value is -1.78. The van der Waals surface area contributed by atoms with Gasteiger partial charge in [0, 0.05) is 16.7 Å². The van der Waals surface area contributed by atoms with E-state index in [2.05, 4.69) is 10.1 Å². The van der Waals surface area contributed by atoms with Crippen molar-refractivity contribution in [1.29, 1.82) is 5.26 Å². The lowest BCUT2D eigenvalue weighted by Gasteiger charge is -2.14. The molecule has 1 rings (SSSR count). The third kappa shape index (κ3) is 2.87. The Balaban J connectivity index is 3.39. The van der Waals surface area contributed by atoms with Crippen molar-refractivity contribution in [3.8, 4) is 6.07 Å². The number of pyridine rings is 1. The molecule has 1 unspecified atom stereocenters. The van der Waals surface area contributed by atoms with Gasteiger partial charge in [-0.05, 0) is 23.1 Å². The molecule has 17 heavy (non-hydrogen) atoms. The van der Waals surface area contributed by atoms with Crippen LogP contribution in [0.5, 0.6) is 0 Å². The fraction of sp³-hybridized carbons (Fsp3) is 0.300. The highest BCUT2D eigenvalue weighted by Crippen LogP contribution is 2.20. The van der Waals surface area contributed by atoms with E-state index >= 15 is 0 Å². The van der Waals surface area contributed by atoms with Crippen molar-refractivity contribution in [2.45, 2.75) is 24.7 Å². The molecule has 0 saturated heterocycles. The number of nitrogens with zero attached hydrogens (tertiary/aromatic N) is 3. The van der Waals surface area contributed by atoms with Gasteiger partial charge < -0.3 is 9.76 Å². The van der Waals surface area contributed by atoms with E-state index in [0.29, 0.717) is 5.69 Å². The van der Waals surface area contributed by atoms with Crippen LogP contribution in [0.4, 0.5) is 0 Å². The molecular weight excluding hydrogens is 242 g/mol. The van der Waals surface area contributed by atoms with Gasteiger partial charge in [-0.1, -0.05) is 19.0 Å². The first kappa shape index (κ1) is 13.3. The van der Waals surface area contributed by atoms with Crippen molar-refractivity contribution in [2.24, 2.45) is 5.16 Å². The second-order valence-electron chi connectivity index (χ2n) is 3.56. The number of hydrogen-bond acceptors (Lipinski definition) is 6.